The zero-order valence-corrected chi connectivity index (χ0v) is 12.3. The third-order valence-electron chi connectivity index (χ3n) is 2.71. The molecular weight excluding hydrogens is 320 g/mol. The van der Waals surface area contributed by atoms with E-state index in [0.717, 1.165) is 15.3 Å². The normalized spacial score (nSPS) is 10.8. The number of nitrogens with one attached hydrogen (secondary N) is 2. The Morgan fingerprint density at radius 2 is 2.19 bits per heavy atom. The van der Waals surface area contributed by atoms with Crippen LogP contribution in [0.1, 0.15) is 0 Å². The van der Waals surface area contributed by atoms with Crippen molar-refractivity contribution in [1.29, 1.82) is 0 Å². The molecule has 5 nitrogen and oxygen atoms in total. The van der Waals surface area contributed by atoms with Crippen molar-refractivity contribution in [3.8, 4) is 10.6 Å². The maximum absolute atomic E-state index is 12.3. The number of nitrogens with two attached hydrogens (primary N) is 1. The van der Waals surface area contributed by atoms with Crippen molar-refractivity contribution >= 4 is 45.5 Å². The van der Waals surface area contributed by atoms with Crippen LogP contribution in [0.5, 0.6) is 0 Å². The van der Waals surface area contributed by atoms with Gasteiger partial charge in [0.1, 0.15) is 5.82 Å². The van der Waals surface area contributed by atoms with Gasteiger partial charge in [-0.25, -0.2) is 13.8 Å². The van der Waals surface area contributed by atoms with Gasteiger partial charge in [-0.1, -0.05) is 0 Å². The second-order valence-electron chi connectivity index (χ2n) is 4.16. The highest BCUT2D eigenvalue weighted by Crippen LogP contribution is 2.36. The predicted octanol–water partition coefficient (Wildman–Crippen LogP) is 3.37. The number of hydrogen-bond donors (Lipinski definition) is 3. The molecular formula is C12H12ClF2N5S. The summed E-state index contributed by atoms with van der Waals surface area (Å²) in [6.07, 6.45) is -0.774. The van der Waals surface area contributed by atoms with Crippen LogP contribution in [0.15, 0.2) is 24.4 Å². The predicted molar refractivity (Wildman–Crippen MR) is 83.4 cm³/mol. The van der Waals surface area contributed by atoms with Crippen molar-refractivity contribution in [1.82, 2.24) is 15.2 Å². The zero-order chi connectivity index (χ0) is 14.1. The van der Waals surface area contributed by atoms with E-state index in [9.17, 15) is 8.78 Å². The monoisotopic (exact) mass is 331 g/mol. The molecule has 0 atom stereocenters. The van der Waals surface area contributed by atoms with Crippen LogP contribution < -0.4 is 11.1 Å². The fraction of sp³-hybridized carbons (Fsp3) is 0.167. The Balaban J connectivity index is 0.00000161. The first-order chi connectivity index (χ1) is 9.63. The molecule has 3 aromatic rings. The summed E-state index contributed by atoms with van der Waals surface area (Å²) in [5, 5.41) is 9.45. The van der Waals surface area contributed by atoms with Gasteiger partial charge in [0.15, 0.2) is 0 Å². The lowest BCUT2D eigenvalue weighted by atomic mass is 10.3. The molecule has 0 aliphatic carbocycles. The Morgan fingerprint density at radius 3 is 2.86 bits per heavy atom. The lowest BCUT2D eigenvalue weighted by Gasteiger charge is -2.07. The van der Waals surface area contributed by atoms with Gasteiger partial charge in [0.25, 0.3) is 6.43 Å². The van der Waals surface area contributed by atoms with Gasteiger partial charge >= 0.3 is 0 Å². The summed E-state index contributed by atoms with van der Waals surface area (Å²) in [6.45, 7) is -0.421. The van der Waals surface area contributed by atoms with Crippen LogP contribution in [0.25, 0.3) is 20.8 Å². The van der Waals surface area contributed by atoms with Crippen molar-refractivity contribution < 1.29 is 8.78 Å². The Bertz CT molecular complexity index is 729. The molecule has 112 valence electrons. The van der Waals surface area contributed by atoms with Crippen LogP contribution in [0.3, 0.4) is 0 Å². The highest BCUT2D eigenvalue weighted by atomic mass is 35.5. The second-order valence-corrected chi connectivity index (χ2v) is 5.21. The molecule has 0 saturated carbocycles. The number of halogens is 3. The lowest BCUT2D eigenvalue weighted by molar-refractivity contribution is 0.163. The highest BCUT2D eigenvalue weighted by molar-refractivity contribution is 7.22. The molecule has 0 saturated heterocycles. The van der Waals surface area contributed by atoms with Gasteiger partial charge in [0, 0.05) is 12.3 Å². The van der Waals surface area contributed by atoms with Gasteiger partial charge < -0.3 is 11.1 Å². The Morgan fingerprint density at radius 1 is 1.38 bits per heavy atom. The molecule has 4 N–H and O–H groups in total. The number of aromatic amines is 1. The first-order valence-corrected chi connectivity index (χ1v) is 6.67. The third-order valence-corrected chi connectivity index (χ3v) is 3.90. The molecule has 3 aromatic heterocycles. The molecule has 3 rings (SSSR count). The van der Waals surface area contributed by atoms with Crippen LogP contribution in [0.2, 0.25) is 0 Å². The van der Waals surface area contributed by atoms with Gasteiger partial charge in [-0.05, 0) is 12.1 Å². The number of pyridine rings is 1. The van der Waals surface area contributed by atoms with Gasteiger partial charge in [0.05, 0.1) is 33.0 Å². The Labute approximate surface area is 129 Å². The molecule has 0 bridgehead atoms. The SMILES string of the molecule is Cl.Nc1cc(NCC(F)F)c2sc(-c3ccn[nH]3)cc2n1. The Hall–Kier alpha value is -1.93. The molecule has 0 aromatic carbocycles. The molecule has 0 spiro atoms. The highest BCUT2D eigenvalue weighted by Gasteiger charge is 2.12. The van der Waals surface area contributed by atoms with E-state index >= 15 is 0 Å². The molecule has 0 unspecified atom stereocenters. The summed E-state index contributed by atoms with van der Waals surface area (Å²) in [7, 11) is 0. The van der Waals surface area contributed by atoms with E-state index in [1.165, 1.54) is 11.3 Å². The Kier molecular flexibility index (Phi) is 4.59. The average molecular weight is 332 g/mol. The van der Waals surface area contributed by atoms with Gasteiger partial charge in [-0.15, -0.1) is 23.7 Å². The minimum atomic E-state index is -2.42. The minimum absolute atomic E-state index is 0. The summed E-state index contributed by atoms with van der Waals surface area (Å²) in [5.74, 6) is 0.295. The van der Waals surface area contributed by atoms with Crippen LogP contribution in [-0.4, -0.2) is 28.2 Å². The van der Waals surface area contributed by atoms with Crippen molar-refractivity contribution in [2.45, 2.75) is 6.43 Å². The standard InChI is InChI=1S/C12H11F2N5S.ClH/c13-10(14)5-16-7-4-11(15)18-8-3-9(20-12(7)8)6-1-2-17-19-6;/h1-4,10H,5H2,(H,17,19)(H3,15,16,18);1H. The van der Waals surface area contributed by atoms with E-state index in [1.807, 2.05) is 12.1 Å². The van der Waals surface area contributed by atoms with Crippen LogP contribution >= 0.6 is 23.7 Å². The molecule has 9 heteroatoms. The first-order valence-electron chi connectivity index (χ1n) is 5.85. The maximum atomic E-state index is 12.3. The van der Waals surface area contributed by atoms with Crippen LogP contribution in [0.4, 0.5) is 20.3 Å². The molecule has 21 heavy (non-hydrogen) atoms. The first kappa shape index (κ1) is 15.5. The largest absolute Gasteiger partial charge is 0.384 e. The van der Waals surface area contributed by atoms with E-state index in [2.05, 4.69) is 20.5 Å². The van der Waals surface area contributed by atoms with Crippen LogP contribution in [-0.2, 0) is 0 Å². The number of alkyl halides is 2. The molecule has 3 heterocycles. The summed E-state index contributed by atoms with van der Waals surface area (Å²) < 4.78 is 25.5. The average Bonchev–Trinajstić information content (AvgIpc) is 3.03. The maximum Gasteiger partial charge on any atom is 0.255 e. The number of H-pyrrole nitrogens is 1. The molecule has 0 amide bonds. The van der Waals surface area contributed by atoms with E-state index in [0.29, 0.717) is 17.0 Å². The smallest absolute Gasteiger partial charge is 0.255 e. The van der Waals surface area contributed by atoms with Gasteiger partial charge in [-0.3, -0.25) is 5.10 Å². The van der Waals surface area contributed by atoms with Crippen molar-refractivity contribution in [2.24, 2.45) is 0 Å². The fourth-order valence-electron chi connectivity index (χ4n) is 1.89. The van der Waals surface area contributed by atoms with E-state index in [4.69, 9.17) is 5.73 Å². The summed E-state index contributed by atoms with van der Waals surface area (Å²) in [6, 6.07) is 5.26. The van der Waals surface area contributed by atoms with E-state index in [-0.39, 0.29) is 12.4 Å². The van der Waals surface area contributed by atoms with E-state index < -0.39 is 13.0 Å². The second kappa shape index (κ2) is 6.23. The number of thiophene rings is 1. The molecule has 0 radical (unpaired) electrons. The number of nitrogen functional groups attached to an aromatic ring is 1. The number of fused-ring (bicyclic) bond motifs is 1. The number of aromatic nitrogens is 3. The number of nitrogens with zero attached hydrogens (tertiary/aromatic N) is 2. The summed E-state index contributed by atoms with van der Waals surface area (Å²) >= 11 is 1.45. The third kappa shape index (κ3) is 3.22. The number of anilines is 2. The molecule has 0 aliphatic rings. The topological polar surface area (TPSA) is 79.6 Å². The lowest BCUT2D eigenvalue weighted by Crippen LogP contribution is -2.10. The minimum Gasteiger partial charge on any atom is -0.384 e. The molecule has 0 aliphatic heterocycles. The summed E-state index contributed by atoms with van der Waals surface area (Å²) in [4.78, 5) is 5.15. The number of hydrogen-bond acceptors (Lipinski definition) is 5. The molecule has 0 fully saturated rings. The zero-order valence-electron chi connectivity index (χ0n) is 10.6. The van der Waals surface area contributed by atoms with Crippen LogP contribution in [0, 0.1) is 0 Å². The van der Waals surface area contributed by atoms with Gasteiger partial charge in [0.2, 0.25) is 0 Å². The number of rotatable bonds is 4. The quantitative estimate of drug-likeness (QED) is 0.685. The van der Waals surface area contributed by atoms with Crippen molar-refractivity contribution in [3.05, 3.63) is 24.4 Å². The van der Waals surface area contributed by atoms with Gasteiger partial charge in [-0.2, -0.15) is 5.10 Å². The van der Waals surface area contributed by atoms with Crippen molar-refractivity contribution in [2.75, 3.05) is 17.6 Å². The van der Waals surface area contributed by atoms with Crippen molar-refractivity contribution in [3.63, 3.8) is 0 Å². The summed E-state index contributed by atoms with van der Waals surface area (Å²) in [5.41, 5.74) is 7.81. The van der Waals surface area contributed by atoms with E-state index in [1.54, 1.807) is 12.3 Å². The fourth-order valence-corrected chi connectivity index (χ4v) is 2.95.